The first-order valence-corrected chi connectivity index (χ1v) is 8.04. The fourth-order valence-corrected chi connectivity index (χ4v) is 2.81. The van der Waals surface area contributed by atoms with Gasteiger partial charge in [0.2, 0.25) is 0 Å². The number of pyridine rings is 1. The average molecular weight is 335 g/mol. The van der Waals surface area contributed by atoms with Crippen LogP contribution < -0.4 is 15.4 Å². The summed E-state index contributed by atoms with van der Waals surface area (Å²) in [7, 11) is 0. The Labute approximate surface area is 144 Å². The van der Waals surface area contributed by atoms with Crippen molar-refractivity contribution in [2.45, 2.75) is 12.5 Å². The molecule has 1 aliphatic rings. The molecule has 0 radical (unpaired) electrons. The van der Waals surface area contributed by atoms with Crippen LogP contribution in [0, 0.1) is 0 Å². The molecule has 0 saturated heterocycles. The predicted octanol–water partition coefficient (Wildman–Crippen LogP) is 2.39. The molecule has 1 aliphatic heterocycles. The second-order valence-electron chi connectivity index (χ2n) is 5.71. The van der Waals surface area contributed by atoms with Crippen molar-refractivity contribution in [1.82, 2.24) is 20.1 Å². The Hall–Kier alpha value is -3.35. The summed E-state index contributed by atoms with van der Waals surface area (Å²) in [5.74, 6) is 1.45. The summed E-state index contributed by atoms with van der Waals surface area (Å²) >= 11 is 0. The number of amides is 2. The molecule has 2 N–H and O–H groups in total. The van der Waals surface area contributed by atoms with Gasteiger partial charge < -0.3 is 15.4 Å². The lowest BCUT2D eigenvalue weighted by molar-refractivity contribution is 0.219. The summed E-state index contributed by atoms with van der Waals surface area (Å²) in [5, 5.41) is 9.81. The molecular weight excluding hydrogens is 318 g/mol. The van der Waals surface area contributed by atoms with Gasteiger partial charge in [-0.3, -0.25) is 0 Å². The molecule has 2 amide bonds. The number of carbonyl (C=O) groups excluding carboxylic acids is 1. The van der Waals surface area contributed by atoms with Gasteiger partial charge in [0.15, 0.2) is 5.82 Å². The lowest BCUT2D eigenvalue weighted by Gasteiger charge is -2.14. The van der Waals surface area contributed by atoms with E-state index in [0.717, 1.165) is 12.2 Å². The Morgan fingerprint density at radius 2 is 2.12 bits per heavy atom. The molecule has 1 unspecified atom stereocenters. The largest absolute Gasteiger partial charge is 0.488 e. The molecule has 0 spiro atoms. The summed E-state index contributed by atoms with van der Waals surface area (Å²) in [6.45, 7) is 0.428. The van der Waals surface area contributed by atoms with Gasteiger partial charge in [-0.15, -0.1) is 0 Å². The molecule has 3 heterocycles. The van der Waals surface area contributed by atoms with E-state index in [2.05, 4.69) is 20.7 Å². The van der Waals surface area contributed by atoms with E-state index in [-0.39, 0.29) is 12.1 Å². The van der Waals surface area contributed by atoms with Crippen LogP contribution in [0.3, 0.4) is 0 Å². The van der Waals surface area contributed by atoms with Crippen LogP contribution >= 0.6 is 0 Å². The number of urea groups is 1. The maximum atomic E-state index is 12.2. The van der Waals surface area contributed by atoms with Crippen LogP contribution in [0.25, 0.3) is 5.82 Å². The maximum Gasteiger partial charge on any atom is 0.319 e. The molecule has 3 aromatic rings. The molecule has 4 rings (SSSR count). The Kier molecular flexibility index (Phi) is 4.04. The summed E-state index contributed by atoms with van der Waals surface area (Å²) in [5.41, 5.74) is 1.75. The van der Waals surface area contributed by atoms with Crippen molar-refractivity contribution in [3.63, 3.8) is 0 Å². The number of nitrogens with zero attached hydrogens (tertiary/aromatic N) is 3. The number of hydrogen-bond donors (Lipinski definition) is 2. The van der Waals surface area contributed by atoms with Gasteiger partial charge in [-0.05, 0) is 29.8 Å². The van der Waals surface area contributed by atoms with Crippen LogP contribution in [0.5, 0.6) is 5.75 Å². The van der Waals surface area contributed by atoms with Gasteiger partial charge in [0, 0.05) is 25.0 Å². The van der Waals surface area contributed by atoms with E-state index in [9.17, 15) is 4.79 Å². The van der Waals surface area contributed by atoms with Crippen molar-refractivity contribution in [3.05, 3.63) is 66.6 Å². The second kappa shape index (κ2) is 6.64. The molecule has 0 aliphatic carbocycles. The summed E-state index contributed by atoms with van der Waals surface area (Å²) in [6, 6.07) is 13.0. The number of benzene rings is 1. The SMILES string of the molecule is O=C(NCC1Cc2ccccc2O1)Nc1cccnc1-n1cccn1. The predicted molar refractivity (Wildman–Crippen MR) is 92.9 cm³/mol. The summed E-state index contributed by atoms with van der Waals surface area (Å²) < 4.78 is 7.42. The van der Waals surface area contributed by atoms with E-state index in [0.29, 0.717) is 18.1 Å². The number of carbonyl (C=O) groups is 1. The molecule has 7 nitrogen and oxygen atoms in total. The number of rotatable bonds is 4. The number of fused-ring (bicyclic) bond motifs is 1. The van der Waals surface area contributed by atoms with Gasteiger partial charge >= 0.3 is 6.03 Å². The van der Waals surface area contributed by atoms with E-state index >= 15 is 0 Å². The smallest absolute Gasteiger partial charge is 0.319 e. The molecule has 0 saturated carbocycles. The zero-order valence-corrected chi connectivity index (χ0v) is 13.4. The van der Waals surface area contributed by atoms with E-state index in [1.165, 1.54) is 5.56 Å². The molecule has 1 atom stereocenters. The van der Waals surface area contributed by atoms with Crippen LogP contribution in [-0.4, -0.2) is 33.4 Å². The third kappa shape index (κ3) is 3.30. The molecule has 1 aromatic carbocycles. The topological polar surface area (TPSA) is 81.1 Å². The standard InChI is InChI=1S/C18H17N5O2/c24-18(20-12-14-11-13-5-1-2-7-16(13)25-14)22-15-6-3-8-19-17(15)23-10-4-9-21-23/h1-10,14H,11-12H2,(H2,20,22,24). The molecule has 7 heteroatoms. The molecular formula is C18H17N5O2. The van der Waals surface area contributed by atoms with Crippen LogP contribution in [0.4, 0.5) is 10.5 Å². The first-order valence-electron chi connectivity index (χ1n) is 8.04. The maximum absolute atomic E-state index is 12.2. The molecule has 25 heavy (non-hydrogen) atoms. The highest BCUT2D eigenvalue weighted by Gasteiger charge is 2.22. The Morgan fingerprint density at radius 1 is 1.20 bits per heavy atom. The summed E-state index contributed by atoms with van der Waals surface area (Å²) in [4.78, 5) is 16.5. The van der Waals surface area contributed by atoms with Crippen molar-refractivity contribution < 1.29 is 9.53 Å². The first-order chi connectivity index (χ1) is 12.3. The molecule has 2 aromatic heterocycles. The average Bonchev–Trinajstić information content (AvgIpc) is 3.30. The van der Waals surface area contributed by atoms with E-state index < -0.39 is 0 Å². The quantitative estimate of drug-likeness (QED) is 0.767. The highest BCUT2D eigenvalue weighted by atomic mass is 16.5. The zero-order chi connectivity index (χ0) is 17.1. The first kappa shape index (κ1) is 15.2. The van der Waals surface area contributed by atoms with E-state index in [1.54, 1.807) is 41.5 Å². The zero-order valence-electron chi connectivity index (χ0n) is 13.4. The fourth-order valence-electron chi connectivity index (χ4n) is 2.81. The third-order valence-electron chi connectivity index (χ3n) is 3.96. The van der Waals surface area contributed by atoms with Gasteiger partial charge in [0.1, 0.15) is 11.9 Å². The lowest BCUT2D eigenvalue weighted by Crippen LogP contribution is -2.37. The highest BCUT2D eigenvalue weighted by Crippen LogP contribution is 2.27. The molecule has 0 fully saturated rings. The lowest BCUT2D eigenvalue weighted by atomic mass is 10.1. The van der Waals surface area contributed by atoms with Crippen molar-refractivity contribution in [3.8, 4) is 11.6 Å². The fraction of sp³-hybridized carbons (Fsp3) is 0.167. The van der Waals surface area contributed by atoms with Gasteiger partial charge in [0.25, 0.3) is 0 Å². The normalized spacial score (nSPS) is 15.3. The Balaban J connectivity index is 1.36. The number of para-hydroxylation sites is 1. The Bertz CT molecular complexity index is 854. The number of aromatic nitrogens is 3. The van der Waals surface area contributed by atoms with Gasteiger partial charge in [-0.2, -0.15) is 5.10 Å². The molecule has 126 valence electrons. The van der Waals surface area contributed by atoms with E-state index in [1.807, 2.05) is 24.3 Å². The monoisotopic (exact) mass is 335 g/mol. The van der Waals surface area contributed by atoms with Crippen LogP contribution in [0.1, 0.15) is 5.56 Å². The van der Waals surface area contributed by atoms with Crippen molar-refractivity contribution in [2.24, 2.45) is 0 Å². The molecule has 0 bridgehead atoms. The minimum Gasteiger partial charge on any atom is -0.488 e. The highest BCUT2D eigenvalue weighted by molar-refractivity contribution is 5.91. The Morgan fingerprint density at radius 3 is 2.96 bits per heavy atom. The minimum atomic E-state index is -0.305. The number of anilines is 1. The number of nitrogens with one attached hydrogen (secondary N) is 2. The second-order valence-corrected chi connectivity index (χ2v) is 5.71. The van der Waals surface area contributed by atoms with E-state index in [4.69, 9.17) is 4.74 Å². The third-order valence-corrected chi connectivity index (χ3v) is 3.96. The number of hydrogen-bond acceptors (Lipinski definition) is 4. The van der Waals surface area contributed by atoms with Gasteiger partial charge in [0.05, 0.1) is 12.2 Å². The van der Waals surface area contributed by atoms with Crippen molar-refractivity contribution in [1.29, 1.82) is 0 Å². The van der Waals surface area contributed by atoms with Crippen LogP contribution in [0.2, 0.25) is 0 Å². The van der Waals surface area contributed by atoms with Gasteiger partial charge in [-0.25, -0.2) is 14.5 Å². The summed E-state index contributed by atoms with van der Waals surface area (Å²) in [6.07, 6.45) is 5.83. The van der Waals surface area contributed by atoms with Crippen LogP contribution in [0.15, 0.2) is 61.1 Å². The number of ether oxygens (including phenoxy) is 1. The van der Waals surface area contributed by atoms with Crippen molar-refractivity contribution >= 4 is 11.7 Å². The van der Waals surface area contributed by atoms with Gasteiger partial charge in [-0.1, -0.05) is 18.2 Å². The minimum absolute atomic E-state index is 0.0531. The van der Waals surface area contributed by atoms with Crippen molar-refractivity contribution in [2.75, 3.05) is 11.9 Å². The van der Waals surface area contributed by atoms with Crippen LogP contribution in [-0.2, 0) is 6.42 Å².